The fraction of sp³-hybridized carbons (Fsp3) is 0.591. The molecule has 130 valence electrons. The highest BCUT2D eigenvalue weighted by molar-refractivity contribution is 6.92. The van der Waals surface area contributed by atoms with E-state index in [4.69, 9.17) is 0 Å². The van der Waals surface area contributed by atoms with Crippen molar-refractivity contribution in [3.05, 3.63) is 42.0 Å². The number of hydrogen-bond donors (Lipinski definition) is 0. The zero-order chi connectivity index (χ0) is 16.8. The van der Waals surface area contributed by atoms with Crippen LogP contribution in [0, 0.1) is 5.92 Å². The Hall–Kier alpha value is -1.15. The number of rotatable bonds is 6. The zero-order valence-electron chi connectivity index (χ0n) is 15.2. The van der Waals surface area contributed by atoms with Crippen molar-refractivity contribution in [3.63, 3.8) is 0 Å². The summed E-state index contributed by atoms with van der Waals surface area (Å²) in [6.45, 7) is 2.31. The van der Waals surface area contributed by atoms with Crippen LogP contribution in [0.25, 0.3) is 0 Å². The zero-order valence-corrected chi connectivity index (χ0v) is 16.2. The van der Waals surface area contributed by atoms with Gasteiger partial charge in [-0.15, -0.1) is 0 Å². The molecule has 0 aromatic heterocycles. The third-order valence-electron chi connectivity index (χ3n) is 6.40. The van der Waals surface area contributed by atoms with E-state index in [1.54, 1.807) is 10.8 Å². The molecule has 1 aliphatic heterocycles. The van der Waals surface area contributed by atoms with Crippen LogP contribution in [0.5, 0.6) is 0 Å². The molecular formula is C22H32OSi. The number of allylic oxidation sites excluding steroid dienone is 2. The van der Waals surface area contributed by atoms with Crippen LogP contribution in [0.4, 0.5) is 0 Å². The van der Waals surface area contributed by atoms with Gasteiger partial charge in [0.15, 0.2) is 0 Å². The molecule has 0 amide bonds. The molecule has 2 heteroatoms. The van der Waals surface area contributed by atoms with Gasteiger partial charge in [-0.3, -0.25) is 4.79 Å². The molecule has 0 radical (unpaired) electrons. The highest BCUT2D eigenvalue weighted by atomic mass is 28.3. The SMILES string of the molecule is CCCCC[Si]1(c2ccccc2)CCC(C2=CCC(=O)CC2)CC1. The predicted octanol–water partition coefficient (Wildman–Crippen LogP) is 5.62. The minimum absolute atomic E-state index is 0.433. The van der Waals surface area contributed by atoms with Gasteiger partial charge in [0.25, 0.3) is 0 Å². The topological polar surface area (TPSA) is 17.1 Å². The first kappa shape index (κ1) is 17.7. The molecule has 1 aliphatic carbocycles. The van der Waals surface area contributed by atoms with Crippen molar-refractivity contribution in [2.24, 2.45) is 5.92 Å². The largest absolute Gasteiger partial charge is 0.299 e. The predicted molar refractivity (Wildman–Crippen MR) is 105 cm³/mol. The summed E-state index contributed by atoms with van der Waals surface area (Å²) in [6.07, 6.45) is 11.7. The van der Waals surface area contributed by atoms with Crippen LogP contribution in [-0.2, 0) is 4.79 Å². The Bertz CT molecular complexity index is 567. The molecule has 1 fully saturated rings. The van der Waals surface area contributed by atoms with E-state index in [2.05, 4.69) is 43.3 Å². The standard InChI is InChI=1S/C22H32OSi/c1-2-3-7-16-24(22-8-5-4-6-9-22)17-14-20(15-18-24)19-10-12-21(23)13-11-19/h4-6,8-10,20H,2-3,7,11-18H2,1H3. The summed E-state index contributed by atoms with van der Waals surface area (Å²) in [7, 11) is -1.31. The molecule has 2 aliphatic rings. The Morgan fingerprint density at radius 1 is 1.04 bits per heavy atom. The lowest BCUT2D eigenvalue weighted by Gasteiger charge is -2.40. The van der Waals surface area contributed by atoms with E-state index in [9.17, 15) is 4.79 Å². The molecule has 0 saturated carbocycles. The smallest absolute Gasteiger partial charge is 0.136 e. The van der Waals surface area contributed by atoms with E-state index in [-0.39, 0.29) is 0 Å². The van der Waals surface area contributed by atoms with E-state index in [1.807, 2.05) is 0 Å². The van der Waals surface area contributed by atoms with Gasteiger partial charge >= 0.3 is 0 Å². The second kappa shape index (κ2) is 8.29. The highest BCUT2D eigenvalue weighted by Gasteiger charge is 2.39. The van der Waals surface area contributed by atoms with Gasteiger partial charge in [0.05, 0.1) is 8.07 Å². The average molecular weight is 341 g/mol. The van der Waals surface area contributed by atoms with Gasteiger partial charge in [-0.2, -0.15) is 0 Å². The van der Waals surface area contributed by atoms with Gasteiger partial charge < -0.3 is 0 Å². The number of carbonyl (C=O) groups excluding carboxylic acids is 1. The Kier molecular flexibility index (Phi) is 6.10. The van der Waals surface area contributed by atoms with Crippen molar-refractivity contribution < 1.29 is 4.79 Å². The molecule has 1 heterocycles. The second-order valence-electron chi connectivity index (χ2n) is 7.90. The first-order chi connectivity index (χ1) is 11.7. The van der Waals surface area contributed by atoms with Crippen molar-refractivity contribution in [3.8, 4) is 0 Å². The molecule has 0 N–H and O–H groups in total. The lowest BCUT2D eigenvalue weighted by Crippen LogP contribution is -2.50. The van der Waals surface area contributed by atoms with Crippen LogP contribution in [-0.4, -0.2) is 13.9 Å². The van der Waals surface area contributed by atoms with Gasteiger partial charge in [0.2, 0.25) is 0 Å². The van der Waals surface area contributed by atoms with Crippen LogP contribution >= 0.6 is 0 Å². The molecule has 1 aromatic rings. The van der Waals surface area contributed by atoms with Gasteiger partial charge in [-0.1, -0.05) is 91.5 Å². The van der Waals surface area contributed by atoms with Gasteiger partial charge in [0.1, 0.15) is 5.78 Å². The van der Waals surface area contributed by atoms with Crippen molar-refractivity contribution in [1.82, 2.24) is 0 Å². The third-order valence-corrected chi connectivity index (χ3v) is 11.8. The van der Waals surface area contributed by atoms with Gasteiger partial charge in [0, 0.05) is 12.8 Å². The summed E-state index contributed by atoms with van der Waals surface area (Å²) in [5, 5.41) is 1.70. The molecular weight excluding hydrogens is 308 g/mol. The maximum Gasteiger partial charge on any atom is 0.136 e. The average Bonchev–Trinajstić information content (AvgIpc) is 2.64. The summed E-state index contributed by atoms with van der Waals surface area (Å²) in [5.74, 6) is 1.20. The van der Waals surface area contributed by atoms with Crippen molar-refractivity contribution in [1.29, 1.82) is 0 Å². The first-order valence-corrected chi connectivity index (χ1v) is 12.6. The van der Waals surface area contributed by atoms with Crippen molar-refractivity contribution in [2.75, 3.05) is 0 Å². The fourth-order valence-corrected chi connectivity index (χ4v) is 10.1. The molecule has 1 saturated heterocycles. The summed E-state index contributed by atoms with van der Waals surface area (Å²) < 4.78 is 0. The minimum atomic E-state index is -1.31. The van der Waals surface area contributed by atoms with Crippen LogP contribution in [0.1, 0.15) is 58.3 Å². The quantitative estimate of drug-likeness (QED) is 0.373. The van der Waals surface area contributed by atoms with Crippen molar-refractivity contribution >= 4 is 19.0 Å². The van der Waals surface area contributed by atoms with Crippen molar-refractivity contribution in [2.45, 2.75) is 76.4 Å². The van der Waals surface area contributed by atoms with Gasteiger partial charge in [-0.05, 0) is 25.2 Å². The second-order valence-corrected chi connectivity index (χ2v) is 12.5. The fourth-order valence-electron chi connectivity index (χ4n) is 4.83. The van der Waals surface area contributed by atoms with E-state index in [1.165, 1.54) is 50.2 Å². The Morgan fingerprint density at radius 3 is 2.42 bits per heavy atom. The van der Waals surface area contributed by atoms with Crippen LogP contribution in [0.15, 0.2) is 42.0 Å². The first-order valence-electron chi connectivity index (χ1n) is 10.00. The van der Waals surface area contributed by atoms with E-state index >= 15 is 0 Å². The van der Waals surface area contributed by atoms with E-state index in [0.717, 1.165) is 18.8 Å². The number of hydrogen-bond acceptors (Lipinski definition) is 1. The van der Waals surface area contributed by atoms with Crippen LogP contribution < -0.4 is 5.19 Å². The van der Waals surface area contributed by atoms with Crippen LogP contribution in [0.2, 0.25) is 18.1 Å². The minimum Gasteiger partial charge on any atom is -0.299 e. The molecule has 1 nitrogen and oxygen atoms in total. The lowest BCUT2D eigenvalue weighted by atomic mass is 9.85. The summed E-state index contributed by atoms with van der Waals surface area (Å²) in [6, 6.07) is 15.9. The molecule has 0 unspecified atom stereocenters. The number of ketones is 1. The summed E-state index contributed by atoms with van der Waals surface area (Å²) in [4.78, 5) is 11.5. The molecule has 0 spiro atoms. The Labute approximate surface area is 148 Å². The molecule has 3 rings (SSSR count). The van der Waals surface area contributed by atoms with Crippen LogP contribution in [0.3, 0.4) is 0 Å². The maximum absolute atomic E-state index is 11.5. The molecule has 1 aromatic carbocycles. The lowest BCUT2D eigenvalue weighted by molar-refractivity contribution is -0.118. The molecule has 0 bridgehead atoms. The normalized spacial score (nSPS) is 27.8. The summed E-state index contributed by atoms with van der Waals surface area (Å²) >= 11 is 0. The Balaban J connectivity index is 1.69. The van der Waals surface area contributed by atoms with E-state index in [0.29, 0.717) is 12.2 Å². The monoisotopic (exact) mass is 340 g/mol. The molecule has 0 atom stereocenters. The molecule has 24 heavy (non-hydrogen) atoms. The number of carbonyl (C=O) groups is 1. The number of Topliss-reactive ketones (excluding diaryl/α,β-unsaturated/α-hetero) is 1. The van der Waals surface area contributed by atoms with E-state index < -0.39 is 8.07 Å². The highest BCUT2D eigenvalue weighted by Crippen LogP contribution is 2.41. The third kappa shape index (κ3) is 4.08. The number of benzene rings is 1. The maximum atomic E-state index is 11.5. The number of unbranched alkanes of at least 4 members (excludes halogenated alkanes) is 2. The summed E-state index contributed by atoms with van der Waals surface area (Å²) in [5.41, 5.74) is 1.61. The Morgan fingerprint density at radius 2 is 1.79 bits per heavy atom. The van der Waals surface area contributed by atoms with Gasteiger partial charge in [-0.25, -0.2) is 0 Å².